The van der Waals surface area contributed by atoms with Crippen LogP contribution in [-0.2, 0) is 5.41 Å². The molecule has 0 radical (unpaired) electrons. The number of nitrogens with zero attached hydrogens (tertiary/aromatic N) is 4. The van der Waals surface area contributed by atoms with Crippen molar-refractivity contribution in [2.24, 2.45) is 0 Å². The molecule has 0 fully saturated rings. The topological polar surface area (TPSA) is 60.8 Å². The summed E-state index contributed by atoms with van der Waals surface area (Å²) >= 11 is 1.77. The third kappa shape index (κ3) is 5.26. The van der Waals surface area contributed by atoms with E-state index < -0.39 is 5.41 Å². The minimum Gasteiger partial charge on any atom is -0.457 e. The Hall–Kier alpha value is -8.32. The fourth-order valence-corrected chi connectivity index (χ4v) is 11.8. The summed E-state index contributed by atoms with van der Waals surface area (Å²) in [6, 6.07) is 73.0. The third-order valence-electron chi connectivity index (χ3n) is 13.4. The minimum atomic E-state index is -0.597. The van der Waals surface area contributed by atoms with Crippen LogP contribution < -0.4 is 4.74 Å². The summed E-state index contributed by atoms with van der Waals surface area (Å²) in [6.07, 6.45) is 0. The maximum atomic E-state index is 6.97. The summed E-state index contributed by atoms with van der Waals surface area (Å²) in [5.41, 5.74) is 12.2. The van der Waals surface area contributed by atoms with Crippen molar-refractivity contribution in [1.29, 1.82) is 0 Å². The van der Waals surface area contributed by atoms with Crippen molar-refractivity contribution < 1.29 is 4.74 Å². The maximum Gasteiger partial charge on any atom is 0.165 e. The molecule has 1 spiro atoms. The van der Waals surface area contributed by atoms with Crippen molar-refractivity contribution in [2.45, 2.75) is 5.41 Å². The van der Waals surface area contributed by atoms with Gasteiger partial charge in [-0.2, -0.15) is 0 Å². The summed E-state index contributed by atoms with van der Waals surface area (Å²) < 4.78 is 9.36. The number of ether oxygens (including phenoxy) is 1. The number of hydrogen-bond donors (Lipinski definition) is 0. The van der Waals surface area contributed by atoms with Crippen LogP contribution in [0.5, 0.6) is 11.5 Å². The highest BCUT2D eigenvalue weighted by Crippen LogP contribution is 2.62. The molecular formula is C59H34N4OS. The standard InChI is InChI=1S/C59H34N4OS/c1-3-16-35(17-4-1)54-45-34-52-49(59(48-27-12-13-28-51(48)64-52)46-25-10-7-20-38(46)39-21-8-11-26-47(39)59)33-44(45)40-31-30-37(32-50(40)60-54)57-61-56(36-18-5-2-6-19-36)62-58(63-57)43-24-15-23-42-41-22-9-14-29-53(41)65-55(42)43/h1-34H. The van der Waals surface area contributed by atoms with Crippen LogP contribution in [0.15, 0.2) is 206 Å². The van der Waals surface area contributed by atoms with Gasteiger partial charge in [-0.05, 0) is 64.0 Å². The van der Waals surface area contributed by atoms with E-state index >= 15 is 0 Å². The molecule has 302 valence electrons. The highest BCUT2D eigenvalue weighted by Gasteiger charge is 2.51. The van der Waals surface area contributed by atoms with Gasteiger partial charge in [0.05, 0.1) is 16.6 Å². The van der Waals surface area contributed by atoms with Crippen molar-refractivity contribution in [1.82, 2.24) is 19.9 Å². The molecular weight excluding hydrogens is 813 g/mol. The Morgan fingerprint density at radius 3 is 1.75 bits per heavy atom. The molecule has 65 heavy (non-hydrogen) atoms. The van der Waals surface area contributed by atoms with E-state index in [1.807, 2.05) is 24.3 Å². The third-order valence-corrected chi connectivity index (χ3v) is 14.6. The summed E-state index contributed by atoms with van der Waals surface area (Å²) in [7, 11) is 0. The Balaban J connectivity index is 1.03. The first kappa shape index (κ1) is 36.2. The molecule has 0 saturated carbocycles. The summed E-state index contributed by atoms with van der Waals surface area (Å²) in [6.45, 7) is 0. The van der Waals surface area contributed by atoms with Crippen LogP contribution in [0, 0.1) is 0 Å². The van der Waals surface area contributed by atoms with E-state index in [2.05, 4.69) is 182 Å². The van der Waals surface area contributed by atoms with Crippen LogP contribution in [0.2, 0.25) is 0 Å². The van der Waals surface area contributed by atoms with Crippen molar-refractivity contribution in [3.05, 3.63) is 229 Å². The van der Waals surface area contributed by atoms with E-state index in [1.54, 1.807) is 11.3 Å². The molecule has 0 atom stereocenters. The lowest BCUT2D eigenvalue weighted by Gasteiger charge is -2.39. The summed E-state index contributed by atoms with van der Waals surface area (Å²) in [5, 5.41) is 5.59. The molecule has 4 heterocycles. The number of hydrogen-bond acceptors (Lipinski definition) is 6. The Morgan fingerprint density at radius 1 is 0.354 bits per heavy atom. The van der Waals surface area contributed by atoms with Crippen molar-refractivity contribution in [3.63, 3.8) is 0 Å². The fraction of sp³-hybridized carbons (Fsp3) is 0.0169. The van der Waals surface area contributed by atoms with E-state index in [4.69, 9.17) is 24.7 Å². The Bertz CT molecular complexity index is 3890. The molecule has 0 unspecified atom stereocenters. The number of aromatic nitrogens is 4. The minimum absolute atomic E-state index is 0.589. The quantitative estimate of drug-likeness (QED) is 0.165. The SMILES string of the molecule is c1ccc(-c2nc(-c3ccc4c(c3)nc(-c3ccccc3)c3cc5c(cc34)C3(c4ccccc4O5)c4ccccc4-c4ccccc43)nc(-c3cccc4c3sc3ccccc34)n2)cc1. The van der Waals surface area contributed by atoms with Gasteiger partial charge in [0.25, 0.3) is 0 Å². The van der Waals surface area contributed by atoms with Gasteiger partial charge in [0.2, 0.25) is 0 Å². The number of rotatable bonds is 4. The summed E-state index contributed by atoms with van der Waals surface area (Å²) in [5.74, 6) is 3.54. The second-order valence-electron chi connectivity index (χ2n) is 16.8. The number of para-hydroxylation sites is 1. The number of benzene rings is 9. The maximum absolute atomic E-state index is 6.97. The Kier molecular flexibility index (Phi) is 7.71. The fourth-order valence-electron chi connectivity index (χ4n) is 10.6. The van der Waals surface area contributed by atoms with Gasteiger partial charge in [-0.15, -0.1) is 11.3 Å². The lowest BCUT2D eigenvalue weighted by molar-refractivity contribution is 0.437. The first-order chi connectivity index (χ1) is 32.2. The van der Waals surface area contributed by atoms with Gasteiger partial charge in [-0.1, -0.05) is 170 Å². The second kappa shape index (κ2) is 13.8. The number of thiophene rings is 1. The molecule has 2 aliphatic rings. The first-order valence-corrected chi connectivity index (χ1v) is 22.7. The lowest BCUT2D eigenvalue weighted by atomic mass is 9.65. The molecule has 0 saturated heterocycles. The predicted molar refractivity (Wildman–Crippen MR) is 265 cm³/mol. The molecule has 0 amide bonds. The summed E-state index contributed by atoms with van der Waals surface area (Å²) in [4.78, 5) is 21.1. The van der Waals surface area contributed by atoms with Gasteiger partial charge in [0.15, 0.2) is 17.5 Å². The molecule has 3 aromatic heterocycles. The molecule has 1 aliphatic heterocycles. The molecule has 5 nitrogen and oxygen atoms in total. The molecule has 14 rings (SSSR count). The average Bonchev–Trinajstić information content (AvgIpc) is 3.90. The zero-order chi connectivity index (χ0) is 42.6. The van der Waals surface area contributed by atoms with Crippen LogP contribution in [-0.4, -0.2) is 19.9 Å². The lowest BCUT2D eigenvalue weighted by Crippen LogP contribution is -2.32. The van der Waals surface area contributed by atoms with E-state index in [1.165, 1.54) is 37.7 Å². The van der Waals surface area contributed by atoms with E-state index in [0.29, 0.717) is 17.5 Å². The van der Waals surface area contributed by atoms with Crippen LogP contribution in [0.1, 0.15) is 22.3 Å². The zero-order valence-electron chi connectivity index (χ0n) is 34.7. The monoisotopic (exact) mass is 846 g/mol. The van der Waals surface area contributed by atoms with E-state index in [0.717, 1.165) is 76.9 Å². The molecule has 9 aromatic carbocycles. The van der Waals surface area contributed by atoms with Crippen molar-refractivity contribution in [2.75, 3.05) is 0 Å². The van der Waals surface area contributed by atoms with Crippen molar-refractivity contribution >= 4 is 53.2 Å². The van der Waals surface area contributed by atoms with Crippen LogP contribution in [0.25, 0.3) is 98.4 Å². The molecule has 12 aromatic rings. The van der Waals surface area contributed by atoms with Gasteiger partial charge < -0.3 is 4.74 Å². The zero-order valence-corrected chi connectivity index (χ0v) is 35.6. The van der Waals surface area contributed by atoms with Crippen LogP contribution >= 0.6 is 11.3 Å². The Morgan fingerprint density at radius 2 is 0.969 bits per heavy atom. The van der Waals surface area contributed by atoms with Gasteiger partial charge in [-0.25, -0.2) is 19.9 Å². The predicted octanol–water partition coefficient (Wildman–Crippen LogP) is 15.1. The highest BCUT2D eigenvalue weighted by molar-refractivity contribution is 7.26. The van der Waals surface area contributed by atoms with Gasteiger partial charge in [0, 0.05) is 64.3 Å². The van der Waals surface area contributed by atoms with Gasteiger partial charge in [0.1, 0.15) is 11.5 Å². The highest BCUT2D eigenvalue weighted by atomic mass is 32.1. The molecule has 0 N–H and O–H groups in total. The second-order valence-corrected chi connectivity index (χ2v) is 17.9. The number of pyridine rings is 1. The molecule has 1 aliphatic carbocycles. The van der Waals surface area contributed by atoms with E-state index in [9.17, 15) is 0 Å². The molecule has 0 bridgehead atoms. The largest absolute Gasteiger partial charge is 0.457 e. The van der Waals surface area contributed by atoms with E-state index in [-0.39, 0.29) is 0 Å². The van der Waals surface area contributed by atoms with Gasteiger partial charge >= 0.3 is 0 Å². The smallest absolute Gasteiger partial charge is 0.165 e. The number of fused-ring (bicyclic) bond motifs is 15. The van der Waals surface area contributed by atoms with Crippen LogP contribution in [0.4, 0.5) is 0 Å². The van der Waals surface area contributed by atoms with Gasteiger partial charge in [-0.3, -0.25) is 0 Å². The first-order valence-electron chi connectivity index (χ1n) is 21.9. The average molecular weight is 847 g/mol. The Labute approximate surface area is 378 Å². The molecule has 6 heteroatoms. The van der Waals surface area contributed by atoms with Crippen molar-refractivity contribution in [3.8, 4) is 68.0 Å². The normalized spacial score (nSPS) is 13.2. The van der Waals surface area contributed by atoms with Crippen LogP contribution in [0.3, 0.4) is 0 Å².